The van der Waals surface area contributed by atoms with Crippen molar-refractivity contribution in [3.63, 3.8) is 0 Å². The van der Waals surface area contributed by atoms with Crippen molar-refractivity contribution in [2.24, 2.45) is 5.84 Å². The van der Waals surface area contributed by atoms with Crippen molar-refractivity contribution in [3.05, 3.63) is 27.2 Å². The largest absolute Gasteiger partial charge is 0.360 e. The molecule has 21 heavy (non-hydrogen) atoms. The van der Waals surface area contributed by atoms with Crippen LogP contribution in [0.5, 0.6) is 0 Å². The van der Waals surface area contributed by atoms with Gasteiger partial charge in [0.05, 0.1) is 16.3 Å². The third kappa shape index (κ3) is 2.46. The van der Waals surface area contributed by atoms with Crippen molar-refractivity contribution in [1.29, 1.82) is 0 Å². The number of amides is 1. The Hall–Kier alpha value is -2.10. The average Bonchev–Trinajstić information content (AvgIpc) is 3.16. The Bertz CT molecular complexity index is 804. The van der Waals surface area contributed by atoms with Crippen LogP contribution in [-0.2, 0) is 0 Å². The van der Waals surface area contributed by atoms with E-state index < -0.39 is 5.91 Å². The molecule has 0 spiro atoms. The van der Waals surface area contributed by atoms with Crippen LogP contribution in [0.3, 0.4) is 0 Å². The molecule has 9 heteroatoms. The molecular weight excluding hydrogens is 310 g/mol. The summed E-state index contributed by atoms with van der Waals surface area (Å²) in [5, 5.41) is 9.29. The molecule has 0 unspecified atom stereocenters. The number of hydrazine groups is 1. The molecule has 3 heterocycles. The lowest BCUT2D eigenvalue weighted by Gasteiger charge is -1.97. The highest BCUT2D eigenvalue weighted by molar-refractivity contribution is 7.14. The molecule has 0 aliphatic heterocycles. The summed E-state index contributed by atoms with van der Waals surface area (Å²) in [6.45, 7) is 3.66. The highest BCUT2D eigenvalue weighted by Crippen LogP contribution is 2.32. The first-order chi connectivity index (χ1) is 10.1. The van der Waals surface area contributed by atoms with Gasteiger partial charge in [0.1, 0.15) is 16.5 Å². The number of aromatic nitrogens is 3. The standard InChI is InChI=1S/C12H11N5O2S2/c1-5-9(10(17-19-5)11(18)16-13)7-3-21-12(15-7)8-4-20-6(2)14-8/h3-4H,13H2,1-2H3,(H,16,18). The van der Waals surface area contributed by atoms with Gasteiger partial charge in [0, 0.05) is 10.8 Å². The molecule has 0 saturated carbocycles. The Kier molecular flexibility index (Phi) is 3.53. The van der Waals surface area contributed by atoms with Crippen LogP contribution in [0.4, 0.5) is 0 Å². The molecule has 1 amide bonds. The first kappa shape index (κ1) is 13.9. The van der Waals surface area contributed by atoms with E-state index in [2.05, 4.69) is 20.6 Å². The highest BCUT2D eigenvalue weighted by Gasteiger charge is 2.23. The monoisotopic (exact) mass is 321 g/mol. The van der Waals surface area contributed by atoms with E-state index in [1.165, 1.54) is 11.3 Å². The topological polar surface area (TPSA) is 107 Å². The van der Waals surface area contributed by atoms with Crippen molar-refractivity contribution < 1.29 is 9.32 Å². The molecule has 7 nitrogen and oxygen atoms in total. The maximum atomic E-state index is 11.7. The predicted molar refractivity (Wildman–Crippen MR) is 79.8 cm³/mol. The molecule has 0 aliphatic carbocycles. The number of nitrogens with one attached hydrogen (secondary N) is 1. The van der Waals surface area contributed by atoms with Gasteiger partial charge in [-0.15, -0.1) is 22.7 Å². The predicted octanol–water partition coefficient (Wildman–Crippen LogP) is 2.14. The van der Waals surface area contributed by atoms with Gasteiger partial charge in [-0.05, 0) is 13.8 Å². The second kappa shape index (κ2) is 5.35. The van der Waals surface area contributed by atoms with Crippen molar-refractivity contribution in [2.45, 2.75) is 13.8 Å². The van der Waals surface area contributed by atoms with Gasteiger partial charge in [-0.25, -0.2) is 15.8 Å². The summed E-state index contributed by atoms with van der Waals surface area (Å²) in [5.41, 5.74) is 4.17. The maximum Gasteiger partial charge on any atom is 0.288 e. The molecule has 0 aliphatic rings. The minimum Gasteiger partial charge on any atom is -0.360 e. The summed E-state index contributed by atoms with van der Waals surface area (Å²) in [7, 11) is 0. The zero-order valence-corrected chi connectivity index (χ0v) is 12.8. The second-order valence-corrected chi connectivity index (χ2v) is 6.15. The van der Waals surface area contributed by atoms with Gasteiger partial charge >= 0.3 is 0 Å². The fraction of sp³-hybridized carbons (Fsp3) is 0.167. The van der Waals surface area contributed by atoms with Crippen LogP contribution in [-0.4, -0.2) is 21.0 Å². The minimum absolute atomic E-state index is 0.126. The Labute approximate surface area is 127 Å². The molecule has 108 valence electrons. The Morgan fingerprint density at radius 3 is 2.67 bits per heavy atom. The number of thiazole rings is 2. The van der Waals surface area contributed by atoms with Crippen LogP contribution in [0.2, 0.25) is 0 Å². The van der Waals surface area contributed by atoms with Gasteiger partial charge in [0.15, 0.2) is 5.69 Å². The van der Waals surface area contributed by atoms with E-state index in [-0.39, 0.29) is 5.69 Å². The molecule has 0 saturated heterocycles. The number of rotatable bonds is 3. The van der Waals surface area contributed by atoms with E-state index in [1.807, 2.05) is 17.7 Å². The number of nitrogens with zero attached hydrogens (tertiary/aromatic N) is 3. The summed E-state index contributed by atoms with van der Waals surface area (Å²) >= 11 is 3.02. The van der Waals surface area contributed by atoms with E-state index >= 15 is 0 Å². The molecule has 3 aromatic heterocycles. The molecular formula is C12H11N5O2S2. The first-order valence-corrected chi connectivity index (χ1v) is 7.71. The summed E-state index contributed by atoms with van der Waals surface area (Å²) in [6.07, 6.45) is 0. The van der Waals surface area contributed by atoms with Gasteiger partial charge in [-0.1, -0.05) is 5.16 Å². The quantitative estimate of drug-likeness (QED) is 0.435. The number of carbonyl (C=O) groups is 1. The van der Waals surface area contributed by atoms with Crippen LogP contribution in [0.15, 0.2) is 15.3 Å². The van der Waals surface area contributed by atoms with Crippen molar-refractivity contribution >= 4 is 28.6 Å². The molecule has 0 aromatic carbocycles. The Morgan fingerprint density at radius 1 is 1.24 bits per heavy atom. The van der Waals surface area contributed by atoms with Crippen LogP contribution < -0.4 is 11.3 Å². The van der Waals surface area contributed by atoms with E-state index in [4.69, 9.17) is 10.4 Å². The Morgan fingerprint density at radius 2 is 2.00 bits per heavy atom. The normalized spacial score (nSPS) is 10.8. The molecule has 0 bridgehead atoms. The average molecular weight is 321 g/mol. The van der Waals surface area contributed by atoms with Crippen molar-refractivity contribution in [3.8, 4) is 22.0 Å². The fourth-order valence-electron chi connectivity index (χ4n) is 1.87. The molecule has 3 rings (SSSR count). The molecule has 3 aromatic rings. The molecule has 3 N–H and O–H groups in total. The molecule has 0 radical (unpaired) electrons. The smallest absolute Gasteiger partial charge is 0.288 e. The first-order valence-electron chi connectivity index (χ1n) is 5.95. The third-order valence-electron chi connectivity index (χ3n) is 2.81. The van der Waals surface area contributed by atoms with Crippen molar-refractivity contribution in [2.75, 3.05) is 0 Å². The maximum absolute atomic E-state index is 11.7. The van der Waals surface area contributed by atoms with Crippen molar-refractivity contribution in [1.82, 2.24) is 20.6 Å². The van der Waals surface area contributed by atoms with E-state index in [9.17, 15) is 4.79 Å². The van der Waals surface area contributed by atoms with Crippen LogP contribution in [0, 0.1) is 13.8 Å². The zero-order chi connectivity index (χ0) is 15.0. The minimum atomic E-state index is -0.513. The van der Waals surface area contributed by atoms with Crippen LogP contribution >= 0.6 is 22.7 Å². The lowest BCUT2D eigenvalue weighted by molar-refractivity contribution is 0.0945. The number of nitrogens with two attached hydrogens (primary N) is 1. The zero-order valence-electron chi connectivity index (χ0n) is 11.2. The SMILES string of the molecule is Cc1nc(-c2nc(-c3c(C(=O)NN)noc3C)cs2)cs1. The Balaban J connectivity index is 2.04. The lowest BCUT2D eigenvalue weighted by Crippen LogP contribution is -2.30. The van der Waals surface area contributed by atoms with Crippen LogP contribution in [0.1, 0.15) is 21.3 Å². The van der Waals surface area contributed by atoms with E-state index in [0.29, 0.717) is 17.0 Å². The lowest BCUT2D eigenvalue weighted by atomic mass is 10.1. The van der Waals surface area contributed by atoms with E-state index in [1.54, 1.807) is 18.3 Å². The molecule has 0 fully saturated rings. The molecule has 0 atom stereocenters. The number of nitrogen functional groups attached to an aromatic ring is 1. The van der Waals surface area contributed by atoms with Gasteiger partial charge in [0.2, 0.25) is 0 Å². The number of hydrogen-bond acceptors (Lipinski definition) is 8. The number of hydrogen-bond donors (Lipinski definition) is 2. The third-order valence-corrected chi connectivity index (χ3v) is 4.45. The van der Waals surface area contributed by atoms with Crippen LogP contribution in [0.25, 0.3) is 22.0 Å². The van der Waals surface area contributed by atoms with Gasteiger partial charge in [0.25, 0.3) is 5.91 Å². The van der Waals surface area contributed by atoms with Gasteiger partial charge in [-0.2, -0.15) is 0 Å². The summed E-state index contributed by atoms with van der Waals surface area (Å²) < 4.78 is 5.08. The second-order valence-electron chi connectivity index (χ2n) is 4.23. The van der Waals surface area contributed by atoms with E-state index in [0.717, 1.165) is 15.7 Å². The number of carbonyl (C=O) groups excluding carboxylic acids is 1. The fourth-order valence-corrected chi connectivity index (χ4v) is 3.31. The summed E-state index contributed by atoms with van der Waals surface area (Å²) in [5.74, 6) is 5.15. The van der Waals surface area contributed by atoms with Gasteiger partial charge < -0.3 is 4.52 Å². The number of aryl methyl sites for hydroxylation is 2. The summed E-state index contributed by atoms with van der Waals surface area (Å²) in [6, 6.07) is 0. The highest BCUT2D eigenvalue weighted by atomic mass is 32.1. The van der Waals surface area contributed by atoms with Gasteiger partial charge in [-0.3, -0.25) is 10.2 Å². The summed E-state index contributed by atoms with van der Waals surface area (Å²) in [4.78, 5) is 20.6.